The van der Waals surface area contributed by atoms with Gasteiger partial charge in [0.15, 0.2) is 0 Å². The van der Waals surface area contributed by atoms with E-state index in [-0.39, 0.29) is 23.4 Å². The van der Waals surface area contributed by atoms with E-state index in [1.807, 2.05) is 0 Å². The number of rotatable bonds is 4. The predicted octanol–water partition coefficient (Wildman–Crippen LogP) is 3.06. The van der Waals surface area contributed by atoms with Gasteiger partial charge < -0.3 is 5.11 Å². The lowest BCUT2D eigenvalue weighted by atomic mass is 10.1. The highest BCUT2D eigenvalue weighted by molar-refractivity contribution is 5.58. The van der Waals surface area contributed by atoms with Crippen molar-refractivity contribution < 1.29 is 18.3 Å². The Labute approximate surface area is 140 Å². The van der Waals surface area contributed by atoms with Gasteiger partial charge in [-0.2, -0.15) is 5.10 Å². The molecule has 0 aliphatic carbocycles. The smallest absolute Gasteiger partial charge is 0.266 e. The van der Waals surface area contributed by atoms with E-state index < -0.39 is 29.1 Å². The van der Waals surface area contributed by atoms with Crippen LogP contribution < -0.4 is 5.56 Å². The van der Waals surface area contributed by atoms with Crippen LogP contribution in [0.25, 0.3) is 11.3 Å². The Kier molecular flexibility index (Phi) is 4.67. The van der Waals surface area contributed by atoms with Crippen LogP contribution >= 0.6 is 0 Å². The highest BCUT2D eigenvalue weighted by Crippen LogP contribution is 2.21. The molecule has 3 rings (SSSR count). The summed E-state index contributed by atoms with van der Waals surface area (Å²) in [5.74, 6) is -2.21. The second-order valence-corrected chi connectivity index (χ2v) is 5.40. The standard InChI is InChI=1S/C18H13F3N2O2/c19-11-5-6-13(15(21)9-11)17(24)10-23-18(25)8-7-16(22-23)12-3-1-2-4-14(12)20/h1-9,17,24H,10H2. The molecule has 0 saturated carbocycles. The third-order valence-corrected chi connectivity index (χ3v) is 3.68. The number of halogens is 3. The highest BCUT2D eigenvalue weighted by Gasteiger charge is 2.16. The summed E-state index contributed by atoms with van der Waals surface area (Å²) >= 11 is 0. The zero-order valence-electron chi connectivity index (χ0n) is 12.9. The second kappa shape index (κ2) is 6.90. The number of hydrogen-bond donors (Lipinski definition) is 1. The molecule has 2 aromatic carbocycles. The van der Waals surface area contributed by atoms with Gasteiger partial charge in [-0.15, -0.1) is 0 Å². The molecule has 0 radical (unpaired) electrons. The molecule has 7 heteroatoms. The van der Waals surface area contributed by atoms with Crippen LogP contribution in [-0.2, 0) is 6.54 Å². The van der Waals surface area contributed by atoms with E-state index in [1.165, 1.54) is 30.3 Å². The van der Waals surface area contributed by atoms with Gasteiger partial charge in [0.25, 0.3) is 5.56 Å². The molecule has 1 aromatic heterocycles. The molecule has 0 saturated heterocycles. The van der Waals surface area contributed by atoms with Crippen LogP contribution in [0.15, 0.2) is 59.4 Å². The fourth-order valence-electron chi connectivity index (χ4n) is 2.43. The zero-order valence-corrected chi connectivity index (χ0v) is 12.9. The number of nitrogens with zero attached hydrogens (tertiary/aromatic N) is 2. The Bertz CT molecular complexity index is 973. The molecule has 0 amide bonds. The zero-order chi connectivity index (χ0) is 18.0. The van der Waals surface area contributed by atoms with Crippen molar-refractivity contribution in [3.05, 3.63) is 88.0 Å². The van der Waals surface area contributed by atoms with E-state index in [1.54, 1.807) is 6.07 Å². The monoisotopic (exact) mass is 346 g/mol. The average molecular weight is 346 g/mol. The predicted molar refractivity (Wildman–Crippen MR) is 85.2 cm³/mol. The van der Waals surface area contributed by atoms with Crippen molar-refractivity contribution in [1.29, 1.82) is 0 Å². The van der Waals surface area contributed by atoms with Crippen LogP contribution in [0.4, 0.5) is 13.2 Å². The molecule has 1 N–H and O–H groups in total. The fourth-order valence-corrected chi connectivity index (χ4v) is 2.43. The molecular weight excluding hydrogens is 333 g/mol. The van der Waals surface area contributed by atoms with Crippen molar-refractivity contribution in [1.82, 2.24) is 9.78 Å². The van der Waals surface area contributed by atoms with Gasteiger partial charge in [0.05, 0.1) is 12.2 Å². The Balaban J connectivity index is 1.94. The SMILES string of the molecule is O=c1ccc(-c2ccccc2F)nn1CC(O)c1ccc(F)cc1F. The normalized spacial score (nSPS) is 12.2. The molecule has 0 bridgehead atoms. The molecule has 4 nitrogen and oxygen atoms in total. The third kappa shape index (κ3) is 3.61. The molecule has 0 aliphatic rings. The van der Waals surface area contributed by atoms with Gasteiger partial charge in [-0.25, -0.2) is 17.9 Å². The Morgan fingerprint density at radius 2 is 1.76 bits per heavy atom. The van der Waals surface area contributed by atoms with Crippen molar-refractivity contribution in [2.75, 3.05) is 0 Å². The molecule has 1 unspecified atom stereocenters. The van der Waals surface area contributed by atoms with Crippen molar-refractivity contribution in [2.45, 2.75) is 12.6 Å². The molecule has 0 fully saturated rings. The third-order valence-electron chi connectivity index (χ3n) is 3.68. The molecule has 1 heterocycles. The number of aliphatic hydroxyl groups excluding tert-OH is 1. The second-order valence-electron chi connectivity index (χ2n) is 5.40. The Morgan fingerprint density at radius 3 is 2.48 bits per heavy atom. The van der Waals surface area contributed by atoms with E-state index in [0.29, 0.717) is 6.07 Å². The fraction of sp³-hybridized carbons (Fsp3) is 0.111. The maximum atomic E-state index is 13.9. The van der Waals surface area contributed by atoms with Gasteiger partial charge in [-0.1, -0.05) is 18.2 Å². The average Bonchev–Trinajstić information content (AvgIpc) is 2.57. The van der Waals surface area contributed by atoms with Gasteiger partial charge in [-0.3, -0.25) is 4.79 Å². The maximum absolute atomic E-state index is 13.9. The van der Waals surface area contributed by atoms with Crippen molar-refractivity contribution in [3.63, 3.8) is 0 Å². The van der Waals surface area contributed by atoms with Crippen molar-refractivity contribution in [2.24, 2.45) is 0 Å². The summed E-state index contributed by atoms with van der Waals surface area (Å²) < 4.78 is 41.5. The number of aliphatic hydroxyl groups is 1. The van der Waals surface area contributed by atoms with Gasteiger partial charge in [0.2, 0.25) is 0 Å². The molecule has 3 aromatic rings. The lowest BCUT2D eigenvalue weighted by molar-refractivity contribution is 0.145. The van der Waals surface area contributed by atoms with Crippen molar-refractivity contribution >= 4 is 0 Å². The molecular formula is C18H13F3N2O2. The molecule has 1 atom stereocenters. The lowest BCUT2D eigenvalue weighted by Gasteiger charge is -2.14. The first-order valence-electron chi connectivity index (χ1n) is 7.42. The summed E-state index contributed by atoms with van der Waals surface area (Å²) in [7, 11) is 0. The van der Waals surface area contributed by atoms with Gasteiger partial charge >= 0.3 is 0 Å². The topological polar surface area (TPSA) is 55.1 Å². The molecule has 0 spiro atoms. The van der Waals surface area contributed by atoms with E-state index in [0.717, 1.165) is 16.8 Å². The van der Waals surface area contributed by atoms with E-state index in [9.17, 15) is 23.1 Å². The summed E-state index contributed by atoms with van der Waals surface area (Å²) in [6, 6.07) is 11.2. The van der Waals surface area contributed by atoms with Crippen LogP contribution in [0, 0.1) is 17.5 Å². The molecule has 128 valence electrons. The van der Waals surface area contributed by atoms with Crippen LogP contribution in [-0.4, -0.2) is 14.9 Å². The summed E-state index contributed by atoms with van der Waals surface area (Å²) in [6.07, 6.45) is -1.42. The minimum atomic E-state index is -1.42. The largest absolute Gasteiger partial charge is 0.386 e. The van der Waals surface area contributed by atoms with E-state index in [2.05, 4.69) is 5.10 Å². The molecule has 0 aliphatic heterocycles. The first-order valence-corrected chi connectivity index (χ1v) is 7.42. The molecule has 25 heavy (non-hydrogen) atoms. The van der Waals surface area contributed by atoms with Crippen molar-refractivity contribution in [3.8, 4) is 11.3 Å². The van der Waals surface area contributed by atoms with Crippen LogP contribution in [0.3, 0.4) is 0 Å². The number of benzene rings is 2. The van der Waals surface area contributed by atoms with Crippen LogP contribution in [0.1, 0.15) is 11.7 Å². The number of aromatic nitrogens is 2. The van der Waals surface area contributed by atoms with E-state index >= 15 is 0 Å². The quantitative estimate of drug-likeness (QED) is 0.790. The Hall–Kier alpha value is -2.93. The maximum Gasteiger partial charge on any atom is 0.266 e. The van der Waals surface area contributed by atoms with Gasteiger partial charge in [-0.05, 0) is 24.3 Å². The number of hydrogen-bond acceptors (Lipinski definition) is 3. The first-order chi connectivity index (χ1) is 12.0. The van der Waals surface area contributed by atoms with Gasteiger partial charge in [0.1, 0.15) is 23.6 Å². The first kappa shape index (κ1) is 16.9. The summed E-state index contributed by atoms with van der Waals surface area (Å²) in [5.41, 5.74) is -0.309. The minimum Gasteiger partial charge on any atom is -0.386 e. The van der Waals surface area contributed by atoms with Crippen LogP contribution in [0.2, 0.25) is 0 Å². The highest BCUT2D eigenvalue weighted by atomic mass is 19.1. The Morgan fingerprint density at radius 1 is 1.00 bits per heavy atom. The summed E-state index contributed by atoms with van der Waals surface area (Å²) in [5, 5.41) is 14.2. The van der Waals surface area contributed by atoms with Gasteiger partial charge in [0, 0.05) is 23.3 Å². The van der Waals surface area contributed by atoms with Crippen LogP contribution in [0.5, 0.6) is 0 Å². The van der Waals surface area contributed by atoms with E-state index in [4.69, 9.17) is 0 Å². The lowest BCUT2D eigenvalue weighted by Crippen LogP contribution is -2.25. The summed E-state index contributed by atoms with van der Waals surface area (Å²) in [4.78, 5) is 11.9. The summed E-state index contributed by atoms with van der Waals surface area (Å²) in [6.45, 7) is -0.357. The minimum absolute atomic E-state index is 0.161.